The highest BCUT2D eigenvalue weighted by Gasteiger charge is 2.13. The third-order valence-corrected chi connectivity index (χ3v) is 3.31. The average molecular weight is 205 g/mol. The fraction of sp³-hybridized carbons (Fsp3) is 0.571. The highest BCUT2D eigenvalue weighted by atomic mass is 14.9. The topological polar surface area (TPSA) is 12.0 Å². The SMILES string of the molecule is CC[C@H](C)[C@@H](C)NC(C)c1ccccc1. The molecule has 0 radical (unpaired) electrons. The third-order valence-electron chi connectivity index (χ3n) is 3.31. The van der Waals surface area contributed by atoms with Crippen LogP contribution in [0.1, 0.15) is 45.7 Å². The number of nitrogens with one attached hydrogen (secondary N) is 1. The summed E-state index contributed by atoms with van der Waals surface area (Å²) < 4.78 is 0. The number of benzene rings is 1. The molecule has 1 nitrogen and oxygen atoms in total. The number of hydrogen-bond donors (Lipinski definition) is 1. The summed E-state index contributed by atoms with van der Waals surface area (Å²) in [7, 11) is 0. The predicted molar refractivity (Wildman–Crippen MR) is 66.9 cm³/mol. The van der Waals surface area contributed by atoms with Gasteiger partial charge in [0.25, 0.3) is 0 Å². The van der Waals surface area contributed by atoms with Crippen LogP contribution in [0.2, 0.25) is 0 Å². The Morgan fingerprint density at radius 1 is 1.07 bits per heavy atom. The van der Waals surface area contributed by atoms with Crippen LogP contribution >= 0.6 is 0 Å². The van der Waals surface area contributed by atoms with Crippen LogP contribution in [-0.2, 0) is 0 Å². The van der Waals surface area contributed by atoms with Crippen LogP contribution in [0.3, 0.4) is 0 Å². The van der Waals surface area contributed by atoms with Crippen molar-refractivity contribution in [3.63, 3.8) is 0 Å². The summed E-state index contributed by atoms with van der Waals surface area (Å²) in [6, 6.07) is 11.6. The molecule has 1 aromatic rings. The van der Waals surface area contributed by atoms with Crippen molar-refractivity contribution in [2.75, 3.05) is 0 Å². The lowest BCUT2D eigenvalue weighted by Gasteiger charge is -2.24. The molecule has 0 saturated carbocycles. The molecule has 3 atom stereocenters. The van der Waals surface area contributed by atoms with Crippen molar-refractivity contribution in [1.82, 2.24) is 5.32 Å². The first-order valence-corrected chi connectivity index (χ1v) is 5.96. The van der Waals surface area contributed by atoms with Gasteiger partial charge in [-0.1, -0.05) is 50.6 Å². The van der Waals surface area contributed by atoms with Gasteiger partial charge >= 0.3 is 0 Å². The number of hydrogen-bond acceptors (Lipinski definition) is 1. The zero-order chi connectivity index (χ0) is 11.3. The molecule has 0 saturated heterocycles. The van der Waals surface area contributed by atoms with E-state index in [9.17, 15) is 0 Å². The molecule has 0 aliphatic heterocycles. The standard InChI is InChI=1S/C14H23N/c1-5-11(2)12(3)15-13(4)14-9-7-6-8-10-14/h6-13,15H,5H2,1-4H3/t11-,12+,13?/m0/s1. The van der Waals surface area contributed by atoms with E-state index in [1.54, 1.807) is 0 Å². The van der Waals surface area contributed by atoms with Crippen molar-refractivity contribution in [2.24, 2.45) is 5.92 Å². The van der Waals surface area contributed by atoms with E-state index in [1.165, 1.54) is 12.0 Å². The smallest absolute Gasteiger partial charge is 0.0294 e. The molecule has 0 aromatic heterocycles. The van der Waals surface area contributed by atoms with Gasteiger partial charge in [-0.15, -0.1) is 0 Å². The molecule has 1 unspecified atom stereocenters. The first kappa shape index (κ1) is 12.3. The Morgan fingerprint density at radius 2 is 1.67 bits per heavy atom. The monoisotopic (exact) mass is 205 g/mol. The van der Waals surface area contributed by atoms with E-state index in [1.807, 2.05) is 0 Å². The van der Waals surface area contributed by atoms with E-state index >= 15 is 0 Å². The molecule has 0 amide bonds. The van der Waals surface area contributed by atoms with Gasteiger partial charge in [0.15, 0.2) is 0 Å². The second-order valence-corrected chi connectivity index (χ2v) is 4.47. The fourth-order valence-electron chi connectivity index (χ4n) is 1.75. The Kier molecular flexibility index (Phi) is 4.83. The molecular weight excluding hydrogens is 182 g/mol. The van der Waals surface area contributed by atoms with E-state index in [0.29, 0.717) is 12.1 Å². The van der Waals surface area contributed by atoms with Crippen molar-refractivity contribution in [2.45, 2.75) is 46.2 Å². The van der Waals surface area contributed by atoms with E-state index in [4.69, 9.17) is 0 Å². The predicted octanol–water partition coefficient (Wildman–Crippen LogP) is 3.77. The van der Waals surface area contributed by atoms with Gasteiger partial charge < -0.3 is 5.32 Å². The molecule has 0 fully saturated rings. The van der Waals surface area contributed by atoms with Gasteiger partial charge in [-0.2, -0.15) is 0 Å². The van der Waals surface area contributed by atoms with Crippen molar-refractivity contribution < 1.29 is 0 Å². The van der Waals surface area contributed by atoms with Crippen LogP contribution in [-0.4, -0.2) is 6.04 Å². The molecule has 84 valence electrons. The molecule has 1 rings (SSSR count). The summed E-state index contributed by atoms with van der Waals surface area (Å²) in [6.07, 6.45) is 1.23. The second kappa shape index (κ2) is 5.92. The van der Waals surface area contributed by atoms with Gasteiger partial charge in [0.1, 0.15) is 0 Å². The fourth-order valence-corrected chi connectivity index (χ4v) is 1.75. The Balaban J connectivity index is 2.52. The van der Waals surface area contributed by atoms with E-state index in [-0.39, 0.29) is 0 Å². The van der Waals surface area contributed by atoms with E-state index < -0.39 is 0 Å². The minimum Gasteiger partial charge on any atom is -0.307 e. The molecular formula is C14H23N. The lowest BCUT2D eigenvalue weighted by molar-refractivity contribution is 0.360. The van der Waals surface area contributed by atoms with E-state index in [2.05, 4.69) is 63.3 Å². The maximum atomic E-state index is 3.65. The minimum absolute atomic E-state index is 0.440. The Labute approximate surface area is 93.9 Å². The summed E-state index contributed by atoms with van der Waals surface area (Å²) in [6.45, 7) is 9.05. The maximum Gasteiger partial charge on any atom is 0.0294 e. The van der Waals surface area contributed by atoms with Gasteiger partial charge in [0, 0.05) is 12.1 Å². The molecule has 0 aliphatic rings. The Bertz CT molecular complexity index is 268. The van der Waals surface area contributed by atoms with Gasteiger partial charge in [-0.3, -0.25) is 0 Å². The van der Waals surface area contributed by atoms with Crippen LogP contribution in [0.15, 0.2) is 30.3 Å². The first-order valence-electron chi connectivity index (χ1n) is 5.96. The zero-order valence-electron chi connectivity index (χ0n) is 10.3. The van der Waals surface area contributed by atoms with Crippen LogP contribution in [0.4, 0.5) is 0 Å². The van der Waals surface area contributed by atoms with Gasteiger partial charge in [-0.25, -0.2) is 0 Å². The highest BCUT2D eigenvalue weighted by Crippen LogP contribution is 2.15. The largest absolute Gasteiger partial charge is 0.307 e. The van der Waals surface area contributed by atoms with Crippen LogP contribution < -0.4 is 5.32 Å². The van der Waals surface area contributed by atoms with Crippen molar-refractivity contribution >= 4 is 0 Å². The summed E-state index contributed by atoms with van der Waals surface area (Å²) in [5.41, 5.74) is 1.37. The summed E-state index contributed by atoms with van der Waals surface area (Å²) in [5, 5.41) is 3.65. The molecule has 1 aromatic carbocycles. The Morgan fingerprint density at radius 3 is 2.20 bits per heavy atom. The van der Waals surface area contributed by atoms with Gasteiger partial charge in [0.2, 0.25) is 0 Å². The molecule has 15 heavy (non-hydrogen) atoms. The molecule has 0 spiro atoms. The lowest BCUT2D eigenvalue weighted by Crippen LogP contribution is -2.33. The summed E-state index contributed by atoms with van der Waals surface area (Å²) >= 11 is 0. The van der Waals surface area contributed by atoms with Crippen molar-refractivity contribution in [3.8, 4) is 0 Å². The normalized spacial score (nSPS) is 17.1. The zero-order valence-corrected chi connectivity index (χ0v) is 10.3. The van der Waals surface area contributed by atoms with Crippen LogP contribution in [0.25, 0.3) is 0 Å². The molecule has 1 N–H and O–H groups in total. The highest BCUT2D eigenvalue weighted by molar-refractivity contribution is 5.18. The third kappa shape index (κ3) is 3.67. The van der Waals surface area contributed by atoms with Crippen LogP contribution in [0.5, 0.6) is 0 Å². The molecule has 1 heteroatoms. The summed E-state index contributed by atoms with van der Waals surface area (Å²) in [5.74, 6) is 0.733. The quantitative estimate of drug-likeness (QED) is 0.771. The second-order valence-electron chi connectivity index (χ2n) is 4.47. The minimum atomic E-state index is 0.440. The Hall–Kier alpha value is -0.820. The van der Waals surface area contributed by atoms with Gasteiger partial charge in [0.05, 0.1) is 0 Å². The summed E-state index contributed by atoms with van der Waals surface area (Å²) in [4.78, 5) is 0. The first-order chi connectivity index (χ1) is 7.15. The molecule has 0 bridgehead atoms. The molecule has 0 heterocycles. The van der Waals surface area contributed by atoms with Gasteiger partial charge in [-0.05, 0) is 25.3 Å². The van der Waals surface area contributed by atoms with E-state index in [0.717, 1.165) is 5.92 Å². The maximum absolute atomic E-state index is 3.65. The average Bonchev–Trinajstić information content (AvgIpc) is 2.29. The number of rotatable bonds is 5. The molecule has 0 aliphatic carbocycles. The van der Waals surface area contributed by atoms with Crippen molar-refractivity contribution in [1.29, 1.82) is 0 Å². The lowest BCUT2D eigenvalue weighted by atomic mass is 9.99. The van der Waals surface area contributed by atoms with Crippen molar-refractivity contribution in [3.05, 3.63) is 35.9 Å². The van der Waals surface area contributed by atoms with Crippen LogP contribution in [0, 0.1) is 5.92 Å².